The summed E-state index contributed by atoms with van der Waals surface area (Å²) in [6, 6.07) is 0. The summed E-state index contributed by atoms with van der Waals surface area (Å²) in [7, 11) is 0. The van der Waals surface area contributed by atoms with Gasteiger partial charge < -0.3 is 10.6 Å². The molecule has 80 valence electrons. The monoisotopic (exact) mass is 186 g/mol. The molecule has 0 saturated heterocycles. The minimum Gasteiger partial charge on any atom is -0.330 e. The van der Waals surface area contributed by atoms with E-state index in [-0.39, 0.29) is 0 Å². The topological polar surface area (TPSA) is 29.3 Å². The fourth-order valence-electron chi connectivity index (χ4n) is 1.41. The van der Waals surface area contributed by atoms with E-state index in [0.29, 0.717) is 0 Å². The van der Waals surface area contributed by atoms with Gasteiger partial charge in [0.15, 0.2) is 0 Å². The molecule has 0 rings (SSSR count). The summed E-state index contributed by atoms with van der Waals surface area (Å²) in [6.45, 7) is 11.3. The van der Waals surface area contributed by atoms with Crippen LogP contribution in [0.15, 0.2) is 0 Å². The van der Waals surface area contributed by atoms with Crippen LogP contribution in [0.1, 0.15) is 40.0 Å². The maximum Gasteiger partial charge on any atom is -0.000672 e. The summed E-state index contributed by atoms with van der Waals surface area (Å²) < 4.78 is 0. The molecule has 0 aromatic carbocycles. The summed E-state index contributed by atoms with van der Waals surface area (Å²) in [4.78, 5) is 2.53. The van der Waals surface area contributed by atoms with Crippen molar-refractivity contribution < 1.29 is 0 Å². The number of hydrogen-bond acceptors (Lipinski definition) is 2. The van der Waals surface area contributed by atoms with E-state index >= 15 is 0 Å². The highest BCUT2D eigenvalue weighted by Crippen LogP contribution is 2.03. The Labute approximate surface area is 83.5 Å². The maximum absolute atomic E-state index is 5.50. The van der Waals surface area contributed by atoms with Crippen LogP contribution in [-0.2, 0) is 0 Å². The second-order valence-corrected chi connectivity index (χ2v) is 4.17. The van der Waals surface area contributed by atoms with Gasteiger partial charge in [0, 0.05) is 0 Å². The van der Waals surface area contributed by atoms with Gasteiger partial charge in [-0.15, -0.1) is 0 Å². The second-order valence-electron chi connectivity index (χ2n) is 4.17. The van der Waals surface area contributed by atoms with Crippen LogP contribution in [0, 0.1) is 5.92 Å². The molecule has 0 aliphatic heterocycles. The van der Waals surface area contributed by atoms with Crippen molar-refractivity contribution in [1.29, 1.82) is 0 Å². The van der Waals surface area contributed by atoms with E-state index in [4.69, 9.17) is 5.73 Å². The molecule has 0 saturated carbocycles. The van der Waals surface area contributed by atoms with Crippen LogP contribution in [0.5, 0.6) is 0 Å². The fraction of sp³-hybridized carbons (Fsp3) is 1.00. The average Bonchev–Trinajstić information content (AvgIpc) is 2.09. The molecule has 2 N–H and O–H groups in total. The van der Waals surface area contributed by atoms with Gasteiger partial charge >= 0.3 is 0 Å². The molecule has 0 radical (unpaired) electrons. The Morgan fingerprint density at radius 2 is 1.85 bits per heavy atom. The van der Waals surface area contributed by atoms with Gasteiger partial charge in [-0.25, -0.2) is 0 Å². The van der Waals surface area contributed by atoms with Crippen molar-refractivity contribution in [3.63, 3.8) is 0 Å². The van der Waals surface area contributed by atoms with E-state index in [1.165, 1.54) is 32.5 Å². The number of hydrogen-bond donors (Lipinski definition) is 1. The third kappa shape index (κ3) is 8.26. The first-order valence-corrected chi connectivity index (χ1v) is 5.63. The maximum atomic E-state index is 5.50. The number of nitrogens with zero attached hydrogens (tertiary/aromatic N) is 1. The van der Waals surface area contributed by atoms with E-state index in [2.05, 4.69) is 25.7 Å². The predicted molar refractivity (Wildman–Crippen MR) is 59.9 cm³/mol. The lowest BCUT2D eigenvalue weighted by Crippen LogP contribution is -2.29. The van der Waals surface area contributed by atoms with E-state index in [1.807, 2.05) is 0 Å². The molecule has 2 nitrogen and oxygen atoms in total. The normalized spacial score (nSPS) is 11.5. The molecule has 0 fully saturated rings. The first-order chi connectivity index (χ1) is 6.20. The molecule has 0 heterocycles. The Hall–Kier alpha value is -0.0800. The molecule has 13 heavy (non-hydrogen) atoms. The predicted octanol–water partition coefficient (Wildman–Crippen LogP) is 2.09. The third-order valence-electron chi connectivity index (χ3n) is 2.24. The minimum absolute atomic E-state index is 0.817. The molecule has 0 aromatic rings. The Kier molecular flexibility index (Phi) is 8.46. The van der Waals surface area contributed by atoms with Crippen LogP contribution in [0.2, 0.25) is 0 Å². The van der Waals surface area contributed by atoms with Crippen LogP contribution >= 0.6 is 0 Å². The quantitative estimate of drug-likeness (QED) is 0.629. The lowest BCUT2D eigenvalue weighted by atomic mass is 10.1. The second kappa shape index (κ2) is 8.52. The van der Waals surface area contributed by atoms with E-state index in [1.54, 1.807) is 0 Å². The van der Waals surface area contributed by atoms with Crippen molar-refractivity contribution in [3.05, 3.63) is 0 Å². The van der Waals surface area contributed by atoms with Gasteiger partial charge in [-0.1, -0.05) is 20.8 Å². The van der Waals surface area contributed by atoms with E-state index in [0.717, 1.165) is 18.9 Å². The summed E-state index contributed by atoms with van der Waals surface area (Å²) in [5, 5.41) is 0. The van der Waals surface area contributed by atoms with Crippen LogP contribution in [0.3, 0.4) is 0 Å². The smallest absolute Gasteiger partial charge is 0.000672 e. The summed E-state index contributed by atoms with van der Waals surface area (Å²) in [5.74, 6) is 0.817. The van der Waals surface area contributed by atoms with Crippen LogP contribution in [-0.4, -0.2) is 31.1 Å². The Bertz CT molecular complexity index is 102. The summed E-state index contributed by atoms with van der Waals surface area (Å²) >= 11 is 0. The van der Waals surface area contributed by atoms with Crippen molar-refractivity contribution in [2.45, 2.75) is 40.0 Å². The van der Waals surface area contributed by atoms with Crippen LogP contribution in [0.25, 0.3) is 0 Å². The lowest BCUT2D eigenvalue weighted by Gasteiger charge is -2.22. The molecule has 2 heteroatoms. The Morgan fingerprint density at radius 3 is 2.31 bits per heavy atom. The summed E-state index contributed by atoms with van der Waals surface area (Å²) in [5.41, 5.74) is 5.50. The van der Waals surface area contributed by atoms with Crippen LogP contribution in [0.4, 0.5) is 0 Å². The fourth-order valence-corrected chi connectivity index (χ4v) is 1.41. The SMILES string of the molecule is CCCN(CCCN)CCC(C)C. The van der Waals surface area contributed by atoms with Crippen molar-refractivity contribution in [1.82, 2.24) is 4.90 Å². The first kappa shape index (κ1) is 12.9. The minimum atomic E-state index is 0.817. The van der Waals surface area contributed by atoms with Gasteiger partial charge in [0.05, 0.1) is 0 Å². The molecule has 0 atom stereocenters. The Balaban J connectivity index is 3.53. The zero-order chi connectivity index (χ0) is 10.1. The van der Waals surface area contributed by atoms with Crippen LogP contribution < -0.4 is 5.73 Å². The molecular weight excluding hydrogens is 160 g/mol. The van der Waals surface area contributed by atoms with Gasteiger partial charge in [-0.2, -0.15) is 0 Å². The van der Waals surface area contributed by atoms with Gasteiger partial charge in [-0.05, 0) is 51.4 Å². The molecule has 0 amide bonds. The molecule has 0 aromatic heterocycles. The highest BCUT2D eigenvalue weighted by atomic mass is 15.1. The molecule has 0 spiro atoms. The van der Waals surface area contributed by atoms with Gasteiger partial charge in [0.2, 0.25) is 0 Å². The molecular formula is C11H26N2. The first-order valence-electron chi connectivity index (χ1n) is 5.63. The molecule has 0 bridgehead atoms. The van der Waals surface area contributed by atoms with Crippen molar-refractivity contribution in [3.8, 4) is 0 Å². The van der Waals surface area contributed by atoms with E-state index < -0.39 is 0 Å². The standard InChI is InChI=1S/C11H26N2/c1-4-8-13(9-5-7-12)10-6-11(2)3/h11H,4-10,12H2,1-3H3. The van der Waals surface area contributed by atoms with Crippen molar-refractivity contribution >= 4 is 0 Å². The largest absolute Gasteiger partial charge is 0.330 e. The zero-order valence-electron chi connectivity index (χ0n) is 9.55. The number of nitrogens with two attached hydrogens (primary N) is 1. The highest BCUT2D eigenvalue weighted by molar-refractivity contribution is 4.59. The van der Waals surface area contributed by atoms with Crippen molar-refractivity contribution in [2.24, 2.45) is 11.7 Å². The number of rotatable bonds is 8. The molecule has 0 aliphatic rings. The van der Waals surface area contributed by atoms with Gasteiger partial charge in [0.1, 0.15) is 0 Å². The zero-order valence-corrected chi connectivity index (χ0v) is 9.55. The van der Waals surface area contributed by atoms with Gasteiger partial charge in [0.25, 0.3) is 0 Å². The summed E-state index contributed by atoms with van der Waals surface area (Å²) in [6.07, 6.45) is 3.70. The Morgan fingerprint density at radius 1 is 1.15 bits per heavy atom. The van der Waals surface area contributed by atoms with Gasteiger partial charge in [-0.3, -0.25) is 0 Å². The van der Waals surface area contributed by atoms with E-state index in [9.17, 15) is 0 Å². The lowest BCUT2D eigenvalue weighted by molar-refractivity contribution is 0.256. The highest BCUT2D eigenvalue weighted by Gasteiger charge is 2.03. The third-order valence-corrected chi connectivity index (χ3v) is 2.24. The molecule has 0 unspecified atom stereocenters. The van der Waals surface area contributed by atoms with Crippen molar-refractivity contribution in [2.75, 3.05) is 26.2 Å². The molecule has 0 aliphatic carbocycles. The average molecular weight is 186 g/mol.